The highest BCUT2D eigenvalue weighted by Gasteiger charge is 2.41. The molecular weight excluding hydrogens is 356 g/mol. The Bertz CT molecular complexity index is 740. The largest absolute Gasteiger partial charge is 0.480 e. The van der Waals surface area contributed by atoms with Crippen molar-refractivity contribution in [3.63, 3.8) is 0 Å². The summed E-state index contributed by atoms with van der Waals surface area (Å²) in [5.74, 6) is -0.922. The standard InChI is InChI=1S/C18H20N2O5S/c21-14-10-13(15(22)19-14)9-11-1-3-12(4-2-11)16(23)20-18(17(24)25)5-7-26-8-6-18/h1-4,13H,5-10H2,(H,20,23)(H,24,25)(H,19,21,22). The Morgan fingerprint density at radius 1 is 1.19 bits per heavy atom. The molecule has 0 aromatic heterocycles. The van der Waals surface area contributed by atoms with Crippen LogP contribution < -0.4 is 10.6 Å². The fourth-order valence-corrected chi connectivity index (χ4v) is 4.44. The van der Waals surface area contributed by atoms with Crippen molar-refractivity contribution in [1.82, 2.24) is 10.6 Å². The number of rotatable bonds is 5. The molecule has 2 aliphatic rings. The number of aliphatic carboxylic acids is 1. The summed E-state index contributed by atoms with van der Waals surface area (Å²) in [6, 6.07) is 6.70. The van der Waals surface area contributed by atoms with Gasteiger partial charge in [-0.15, -0.1) is 0 Å². The molecule has 1 aromatic rings. The molecule has 0 saturated carbocycles. The highest BCUT2D eigenvalue weighted by Crippen LogP contribution is 2.28. The van der Waals surface area contributed by atoms with Crippen LogP contribution in [0.4, 0.5) is 0 Å². The maximum atomic E-state index is 12.5. The Morgan fingerprint density at radius 3 is 2.38 bits per heavy atom. The lowest BCUT2D eigenvalue weighted by Gasteiger charge is -2.33. The molecule has 2 heterocycles. The number of hydrogen-bond donors (Lipinski definition) is 3. The molecule has 3 rings (SSSR count). The molecule has 0 spiro atoms. The summed E-state index contributed by atoms with van der Waals surface area (Å²) in [4.78, 5) is 47.0. The highest BCUT2D eigenvalue weighted by atomic mass is 32.2. The summed E-state index contributed by atoms with van der Waals surface area (Å²) in [5, 5.41) is 14.5. The highest BCUT2D eigenvalue weighted by molar-refractivity contribution is 7.99. The number of carbonyl (C=O) groups is 4. The van der Waals surface area contributed by atoms with Gasteiger partial charge in [-0.1, -0.05) is 12.1 Å². The quantitative estimate of drug-likeness (QED) is 0.660. The van der Waals surface area contributed by atoms with E-state index in [-0.39, 0.29) is 24.2 Å². The lowest BCUT2D eigenvalue weighted by Crippen LogP contribution is -2.56. The van der Waals surface area contributed by atoms with Crippen molar-refractivity contribution in [2.24, 2.45) is 5.92 Å². The van der Waals surface area contributed by atoms with Crippen LogP contribution in [0.25, 0.3) is 0 Å². The summed E-state index contributed by atoms with van der Waals surface area (Å²) in [6.45, 7) is 0. The number of hydrogen-bond acceptors (Lipinski definition) is 5. The van der Waals surface area contributed by atoms with Gasteiger partial charge in [-0.05, 0) is 48.5 Å². The van der Waals surface area contributed by atoms with Gasteiger partial charge in [-0.25, -0.2) is 4.79 Å². The molecule has 26 heavy (non-hydrogen) atoms. The van der Waals surface area contributed by atoms with Crippen LogP contribution >= 0.6 is 11.8 Å². The van der Waals surface area contributed by atoms with Gasteiger partial charge in [0.05, 0.1) is 5.92 Å². The second kappa shape index (κ2) is 7.49. The lowest BCUT2D eigenvalue weighted by atomic mass is 9.91. The molecule has 2 fully saturated rings. The zero-order valence-corrected chi connectivity index (χ0v) is 14.9. The third kappa shape index (κ3) is 3.90. The van der Waals surface area contributed by atoms with E-state index >= 15 is 0 Å². The Hall–Kier alpha value is -2.35. The van der Waals surface area contributed by atoms with Crippen molar-refractivity contribution in [3.8, 4) is 0 Å². The second-order valence-electron chi connectivity index (χ2n) is 6.67. The lowest BCUT2D eigenvalue weighted by molar-refractivity contribution is -0.144. The van der Waals surface area contributed by atoms with Crippen molar-refractivity contribution < 1.29 is 24.3 Å². The van der Waals surface area contributed by atoms with Crippen molar-refractivity contribution in [2.75, 3.05) is 11.5 Å². The predicted octanol–water partition coefficient (Wildman–Crippen LogP) is 0.972. The number of benzene rings is 1. The van der Waals surface area contributed by atoms with Crippen molar-refractivity contribution in [3.05, 3.63) is 35.4 Å². The van der Waals surface area contributed by atoms with Crippen molar-refractivity contribution in [1.29, 1.82) is 0 Å². The smallest absolute Gasteiger partial charge is 0.329 e. The molecule has 2 saturated heterocycles. The van der Waals surface area contributed by atoms with Crippen molar-refractivity contribution >= 4 is 35.5 Å². The van der Waals surface area contributed by atoms with E-state index in [0.717, 1.165) is 5.56 Å². The molecule has 0 aliphatic carbocycles. The van der Waals surface area contributed by atoms with E-state index in [1.54, 1.807) is 36.0 Å². The number of amides is 3. The minimum atomic E-state index is -1.21. The number of carbonyl (C=O) groups excluding carboxylic acids is 3. The van der Waals surface area contributed by atoms with Gasteiger partial charge in [0.1, 0.15) is 5.54 Å². The Kier molecular flexibility index (Phi) is 5.31. The molecule has 8 heteroatoms. The molecule has 1 unspecified atom stereocenters. The fourth-order valence-electron chi connectivity index (χ4n) is 3.25. The van der Waals surface area contributed by atoms with Crippen LogP contribution in [0.15, 0.2) is 24.3 Å². The molecule has 2 aliphatic heterocycles. The number of thioether (sulfide) groups is 1. The second-order valence-corrected chi connectivity index (χ2v) is 7.89. The van der Waals surface area contributed by atoms with E-state index in [9.17, 15) is 24.3 Å². The van der Waals surface area contributed by atoms with Crippen LogP contribution in [0.3, 0.4) is 0 Å². The monoisotopic (exact) mass is 376 g/mol. The molecule has 7 nitrogen and oxygen atoms in total. The summed E-state index contributed by atoms with van der Waals surface area (Å²) >= 11 is 1.68. The van der Waals surface area contributed by atoms with E-state index in [0.29, 0.717) is 36.3 Å². The molecule has 1 atom stereocenters. The fraction of sp³-hybridized carbons (Fsp3) is 0.444. The SMILES string of the molecule is O=C1CC(Cc2ccc(C(=O)NC3(C(=O)O)CCSCC3)cc2)C(=O)N1. The topological polar surface area (TPSA) is 113 Å². The number of nitrogens with one attached hydrogen (secondary N) is 2. The van der Waals surface area contributed by atoms with Gasteiger partial charge in [0.15, 0.2) is 0 Å². The minimum Gasteiger partial charge on any atom is -0.480 e. The van der Waals surface area contributed by atoms with Gasteiger partial charge >= 0.3 is 5.97 Å². The Balaban J connectivity index is 1.66. The van der Waals surface area contributed by atoms with Gasteiger partial charge in [-0.3, -0.25) is 19.7 Å². The molecular formula is C18H20N2O5S. The molecule has 3 amide bonds. The maximum absolute atomic E-state index is 12.5. The Morgan fingerprint density at radius 2 is 1.85 bits per heavy atom. The van der Waals surface area contributed by atoms with E-state index in [1.807, 2.05) is 0 Å². The van der Waals surface area contributed by atoms with E-state index < -0.39 is 17.4 Å². The first-order chi connectivity index (χ1) is 12.4. The summed E-state index contributed by atoms with van der Waals surface area (Å²) in [6.07, 6.45) is 1.42. The zero-order valence-electron chi connectivity index (χ0n) is 14.1. The van der Waals surface area contributed by atoms with Gasteiger partial charge in [0, 0.05) is 12.0 Å². The first-order valence-electron chi connectivity index (χ1n) is 8.46. The van der Waals surface area contributed by atoms with E-state index in [1.165, 1.54) is 0 Å². The third-order valence-corrected chi connectivity index (χ3v) is 5.86. The average molecular weight is 376 g/mol. The third-order valence-electron chi connectivity index (χ3n) is 4.87. The average Bonchev–Trinajstić information content (AvgIpc) is 2.93. The molecule has 0 bridgehead atoms. The van der Waals surface area contributed by atoms with Crippen LogP contribution in [0.1, 0.15) is 35.2 Å². The van der Waals surface area contributed by atoms with Crippen LogP contribution in [-0.4, -0.2) is 45.8 Å². The van der Waals surface area contributed by atoms with Gasteiger partial charge in [-0.2, -0.15) is 11.8 Å². The van der Waals surface area contributed by atoms with E-state index in [2.05, 4.69) is 10.6 Å². The Labute approximate surface area is 154 Å². The van der Waals surface area contributed by atoms with E-state index in [4.69, 9.17) is 0 Å². The van der Waals surface area contributed by atoms with Gasteiger partial charge in [0.2, 0.25) is 11.8 Å². The zero-order chi connectivity index (χ0) is 18.7. The van der Waals surface area contributed by atoms with Crippen LogP contribution in [0.2, 0.25) is 0 Å². The predicted molar refractivity (Wildman–Crippen MR) is 95.8 cm³/mol. The molecule has 0 radical (unpaired) electrons. The maximum Gasteiger partial charge on any atom is 0.329 e. The normalized spacial score (nSPS) is 21.9. The molecule has 1 aromatic carbocycles. The van der Waals surface area contributed by atoms with Crippen molar-refractivity contribution in [2.45, 2.75) is 31.2 Å². The first kappa shape index (κ1) is 18.4. The van der Waals surface area contributed by atoms with Crippen LogP contribution in [0.5, 0.6) is 0 Å². The first-order valence-corrected chi connectivity index (χ1v) is 9.61. The van der Waals surface area contributed by atoms with Crippen LogP contribution in [-0.2, 0) is 20.8 Å². The summed E-state index contributed by atoms with van der Waals surface area (Å²) in [7, 11) is 0. The summed E-state index contributed by atoms with van der Waals surface area (Å²) < 4.78 is 0. The molecule has 138 valence electrons. The van der Waals surface area contributed by atoms with Gasteiger partial charge in [0.25, 0.3) is 5.91 Å². The number of carboxylic acid groups (broad SMARTS) is 1. The van der Waals surface area contributed by atoms with Gasteiger partial charge < -0.3 is 10.4 Å². The number of imide groups is 1. The minimum absolute atomic E-state index is 0.181. The summed E-state index contributed by atoms with van der Waals surface area (Å²) in [5.41, 5.74) is 0.0153. The molecule has 3 N–H and O–H groups in total. The number of carboxylic acids is 1. The van der Waals surface area contributed by atoms with Crippen LogP contribution in [0, 0.1) is 5.92 Å².